The molecule has 1 atom stereocenters. The standard InChI is InChI=1S/C26H18FNO5S/c27-20-7-3-2-6-18(20)22-23(29)19(24(30)28-25(22)34)13-17-5-1-4-8-21(17)33-14-15-9-11-16(12-10-15)26(31)32/h1-13,22H,14H2,(H,31,32)(H,28,30,34)/b19-13-. The number of hydrogen-bond donors (Lipinski definition) is 2. The number of amides is 1. The Morgan fingerprint density at radius 1 is 1.03 bits per heavy atom. The molecule has 34 heavy (non-hydrogen) atoms. The Labute approximate surface area is 199 Å². The molecule has 1 heterocycles. The van der Waals surface area contributed by atoms with Crippen LogP contribution >= 0.6 is 12.2 Å². The van der Waals surface area contributed by atoms with Crippen LogP contribution in [-0.4, -0.2) is 27.8 Å². The third kappa shape index (κ3) is 4.77. The summed E-state index contributed by atoms with van der Waals surface area (Å²) < 4.78 is 20.2. The summed E-state index contributed by atoms with van der Waals surface area (Å²) in [7, 11) is 0. The summed E-state index contributed by atoms with van der Waals surface area (Å²) in [5, 5.41) is 11.5. The molecule has 4 rings (SSSR count). The fourth-order valence-corrected chi connectivity index (χ4v) is 3.88. The van der Waals surface area contributed by atoms with E-state index in [1.54, 1.807) is 42.5 Å². The fraction of sp³-hybridized carbons (Fsp3) is 0.0769. The molecule has 1 fully saturated rings. The molecule has 1 unspecified atom stereocenters. The van der Waals surface area contributed by atoms with Gasteiger partial charge in [-0.3, -0.25) is 9.59 Å². The lowest BCUT2D eigenvalue weighted by molar-refractivity contribution is -0.122. The molecule has 0 spiro atoms. The van der Waals surface area contributed by atoms with E-state index in [-0.39, 0.29) is 28.3 Å². The van der Waals surface area contributed by atoms with Crippen LogP contribution < -0.4 is 10.1 Å². The number of Topliss-reactive ketones (excluding diaryl/α,β-unsaturated/α-hetero) is 1. The average molecular weight is 475 g/mol. The zero-order valence-electron chi connectivity index (χ0n) is 17.7. The first kappa shape index (κ1) is 23.0. The number of para-hydroxylation sites is 1. The van der Waals surface area contributed by atoms with E-state index >= 15 is 0 Å². The van der Waals surface area contributed by atoms with Gasteiger partial charge in [0.25, 0.3) is 5.91 Å². The number of carbonyl (C=O) groups excluding carboxylic acids is 2. The van der Waals surface area contributed by atoms with E-state index in [0.29, 0.717) is 11.3 Å². The van der Waals surface area contributed by atoms with Gasteiger partial charge >= 0.3 is 5.97 Å². The zero-order chi connectivity index (χ0) is 24.2. The average Bonchev–Trinajstić information content (AvgIpc) is 2.82. The molecule has 0 bridgehead atoms. The Morgan fingerprint density at radius 2 is 1.71 bits per heavy atom. The minimum absolute atomic E-state index is 0.0495. The summed E-state index contributed by atoms with van der Waals surface area (Å²) in [6.45, 7) is 0.141. The molecule has 1 amide bonds. The number of carboxylic acid groups (broad SMARTS) is 1. The topological polar surface area (TPSA) is 92.7 Å². The van der Waals surface area contributed by atoms with Gasteiger partial charge in [0.1, 0.15) is 24.1 Å². The van der Waals surface area contributed by atoms with E-state index in [2.05, 4.69) is 5.32 Å². The van der Waals surface area contributed by atoms with Gasteiger partial charge in [-0.05, 0) is 35.9 Å². The predicted octanol–water partition coefficient (Wildman–Crippen LogP) is 4.30. The van der Waals surface area contributed by atoms with Crippen LogP contribution in [0, 0.1) is 5.82 Å². The van der Waals surface area contributed by atoms with E-state index in [9.17, 15) is 18.8 Å². The number of piperidine rings is 1. The third-order valence-electron chi connectivity index (χ3n) is 5.30. The number of thiocarbonyl (C=S) groups is 1. The van der Waals surface area contributed by atoms with E-state index in [1.807, 2.05) is 0 Å². The van der Waals surface area contributed by atoms with Crippen LogP contribution in [-0.2, 0) is 16.2 Å². The van der Waals surface area contributed by atoms with Gasteiger partial charge < -0.3 is 15.2 Å². The van der Waals surface area contributed by atoms with Crippen LogP contribution in [0.1, 0.15) is 33.0 Å². The second kappa shape index (κ2) is 9.76. The van der Waals surface area contributed by atoms with Crippen LogP contribution in [0.25, 0.3) is 6.08 Å². The largest absolute Gasteiger partial charge is 0.488 e. The number of rotatable bonds is 6. The van der Waals surface area contributed by atoms with E-state index < -0.39 is 29.4 Å². The number of benzene rings is 3. The first-order valence-corrected chi connectivity index (χ1v) is 10.7. The molecule has 0 aromatic heterocycles. The molecule has 3 aromatic rings. The number of ether oxygens (including phenoxy) is 1. The van der Waals surface area contributed by atoms with Crippen LogP contribution in [0.15, 0.2) is 78.4 Å². The van der Waals surface area contributed by atoms with Gasteiger partial charge in [0.2, 0.25) is 0 Å². The summed E-state index contributed by atoms with van der Waals surface area (Å²) >= 11 is 5.18. The van der Waals surface area contributed by atoms with Crippen molar-refractivity contribution in [3.8, 4) is 5.75 Å². The molecule has 0 saturated carbocycles. The predicted molar refractivity (Wildman–Crippen MR) is 127 cm³/mol. The van der Waals surface area contributed by atoms with Crippen molar-refractivity contribution in [1.29, 1.82) is 0 Å². The molecule has 1 aliphatic rings. The Bertz CT molecular complexity index is 1330. The maximum absolute atomic E-state index is 14.4. The highest BCUT2D eigenvalue weighted by Crippen LogP contribution is 2.30. The monoisotopic (exact) mass is 475 g/mol. The summed E-state index contributed by atoms with van der Waals surface area (Å²) in [5.41, 5.74) is 1.31. The molecule has 0 radical (unpaired) electrons. The van der Waals surface area contributed by atoms with Crippen molar-refractivity contribution < 1.29 is 28.6 Å². The SMILES string of the molecule is O=C1NC(=S)C(c2ccccc2F)C(=O)/C1=C/c1ccccc1OCc1ccc(C(=O)O)cc1. The highest BCUT2D eigenvalue weighted by molar-refractivity contribution is 7.80. The van der Waals surface area contributed by atoms with Gasteiger partial charge in [-0.15, -0.1) is 0 Å². The fourth-order valence-electron chi connectivity index (χ4n) is 3.56. The summed E-state index contributed by atoms with van der Waals surface area (Å²) in [6, 6.07) is 18.9. The van der Waals surface area contributed by atoms with Crippen LogP contribution in [0.3, 0.4) is 0 Å². The van der Waals surface area contributed by atoms with Crippen molar-refractivity contribution in [2.24, 2.45) is 0 Å². The molecule has 1 aliphatic heterocycles. The maximum atomic E-state index is 14.4. The summed E-state index contributed by atoms with van der Waals surface area (Å²) in [6.07, 6.45) is 1.40. The summed E-state index contributed by atoms with van der Waals surface area (Å²) in [5.74, 6) is -3.57. The van der Waals surface area contributed by atoms with Gasteiger partial charge in [0, 0.05) is 11.1 Å². The lowest BCUT2D eigenvalue weighted by Gasteiger charge is -2.25. The van der Waals surface area contributed by atoms with Crippen molar-refractivity contribution >= 4 is 40.9 Å². The van der Waals surface area contributed by atoms with Crippen molar-refractivity contribution in [3.63, 3.8) is 0 Å². The molecular formula is C26H18FNO5S. The summed E-state index contributed by atoms with van der Waals surface area (Å²) in [4.78, 5) is 36.8. The van der Waals surface area contributed by atoms with Crippen LogP contribution in [0.2, 0.25) is 0 Å². The van der Waals surface area contributed by atoms with Crippen molar-refractivity contribution in [3.05, 3.63) is 106 Å². The number of carbonyl (C=O) groups is 3. The van der Waals surface area contributed by atoms with E-state index in [1.165, 1.54) is 36.4 Å². The lowest BCUT2D eigenvalue weighted by atomic mass is 9.86. The lowest BCUT2D eigenvalue weighted by Crippen LogP contribution is -2.45. The highest BCUT2D eigenvalue weighted by Gasteiger charge is 2.38. The quantitative estimate of drug-likeness (QED) is 0.314. The van der Waals surface area contributed by atoms with Gasteiger partial charge in [-0.1, -0.05) is 60.7 Å². The number of nitrogens with one attached hydrogen (secondary N) is 1. The third-order valence-corrected chi connectivity index (χ3v) is 5.64. The van der Waals surface area contributed by atoms with Gasteiger partial charge in [-0.25, -0.2) is 9.18 Å². The molecule has 170 valence electrons. The molecule has 2 N–H and O–H groups in total. The number of carboxylic acids is 1. The zero-order valence-corrected chi connectivity index (χ0v) is 18.5. The van der Waals surface area contributed by atoms with E-state index in [4.69, 9.17) is 22.1 Å². The molecule has 6 nitrogen and oxygen atoms in total. The molecule has 3 aromatic carbocycles. The number of ketones is 1. The molecule has 0 aliphatic carbocycles. The number of aromatic carboxylic acids is 1. The first-order chi connectivity index (χ1) is 16.3. The smallest absolute Gasteiger partial charge is 0.335 e. The van der Waals surface area contributed by atoms with E-state index in [0.717, 1.165) is 5.56 Å². The highest BCUT2D eigenvalue weighted by atomic mass is 32.1. The van der Waals surface area contributed by atoms with Crippen molar-refractivity contribution in [1.82, 2.24) is 5.32 Å². The Balaban J connectivity index is 1.61. The van der Waals surface area contributed by atoms with Gasteiger partial charge in [0.05, 0.1) is 16.1 Å². The van der Waals surface area contributed by atoms with Crippen LogP contribution in [0.4, 0.5) is 4.39 Å². The first-order valence-electron chi connectivity index (χ1n) is 10.2. The van der Waals surface area contributed by atoms with Crippen molar-refractivity contribution in [2.45, 2.75) is 12.5 Å². The van der Waals surface area contributed by atoms with Crippen molar-refractivity contribution in [2.75, 3.05) is 0 Å². The number of hydrogen-bond acceptors (Lipinski definition) is 5. The molecule has 1 saturated heterocycles. The second-order valence-corrected chi connectivity index (χ2v) is 7.96. The molecule has 8 heteroatoms. The normalized spacial score (nSPS) is 16.9. The minimum Gasteiger partial charge on any atom is -0.488 e. The van der Waals surface area contributed by atoms with Gasteiger partial charge in [-0.2, -0.15) is 0 Å². The van der Waals surface area contributed by atoms with Crippen LogP contribution in [0.5, 0.6) is 5.75 Å². The number of halogens is 1. The maximum Gasteiger partial charge on any atom is 0.335 e. The van der Waals surface area contributed by atoms with Gasteiger partial charge in [0.15, 0.2) is 5.78 Å². The Morgan fingerprint density at radius 3 is 2.41 bits per heavy atom. The molecular weight excluding hydrogens is 457 g/mol. The second-order valence-electron chi connectivity index (χ2n) is 7.52. The Kier molecular flexibility index (Phi) is 6.60. The minimum atomic E-state index is -1.11. The Hall–Kier alpha value is -4.17.